The normalized spacial score (nSPS) is 12.0. The van der Waals surface area contributed by atoms with Crippen molar-refractivity contribution in [3.8, 4) is 0 Å². The zero-order valence-electron chi connectivity index (χ0n) is 25.5. The molecule has 0 aliphatic carbocycles. The number of anilines is 2. The fourth-order valence-electron chi connectivity index (χ4n) is 4.11. The van der Waals surface area contributed by atoms with Crippen LogP contribution in [0.25, 0.3) is 11.2 Å². The van der Waals surface area contributed by atoms with Gasteiger partial charge < -0.3 is 36.5 Å². The van der Waals surface area contributed by atoms with Crippen LogP contribution in [0.15, 0.2) is 53.8 Å². The molecule has 1 aromatic carbocycles. The standard InChI is InChI=1S/C28H29N11O8S2/c1-47-27(44)18(13-48-49-25-19(39(45)46)3-2-10-31-25)35-20(40)9-8-17(26(42)43)36-24(41)14-4-6-15(7-5-14)32-11-16-12-33-23-21(34-16)22(29)37-28(30)38-23/h2-7,10,12,17-18,32H,8-9,11,13H2,1H3,(H,35,40)(H,36,41)(H,42,43)(H4,29,30,33,37,38)/t17-,18-/m0/s1. The maximum absolute atomic E-state index is 12.8. The Morgan fingerprint density at radius 3 is 2.57 bits per heavy atom. The Bertz CT molecular complexity index is 1930. The Balaban J connectivity index is 1.27. The number of fused-ring (bicyclic) bond motifs is 1. The van der Waals surface area contributed by atoms with Crippen LogP contribution in [0.4, 0.5) is 17.3 Å². The Kier molecular flexibility index (Phi) is 12.4. The van der Waals surface area contributed by atoms with Crippen molar-refractivity contribution in [2.75, 3.05) is 23.9 Å². The summed E-state index contributed by atoms with van der Waals surface area (Å²) < 4.78 is 4.74. The van der Waals surface area contributed by atoms with E-state index in [0.717, 1.165) is 28.7 Å². The highest BCUT2D eigenvalue weighted by molar-refractivity contribution is 8.76. The van der Waals surface area contributed by atoms with E-state index in [1.807, 2.05) is 0 Å². The summed E-state index contributed by atoms with van der Waals surface area (Å²) in [5, 5.41) is 36.9. The number of nitrogen functional groups attached to an aromatic ring is 1. The molecule has 49 heavy (non-hydrogen) atoms. The molecule has 0 bridgehead atoms. The zero-order chi connectivity index (χ0) is 35.5. The minimum absolute atomic E-state index is 0.0275. The number of H-pyrrole nitrogens is 1. The minimum atomic E-state index is -1.42. The maximum Gasteiger partial charge on any atom is 0.329 e. The average molecular weight is 712 g/mol. The number of hydrogen-bond acceptors (Lipinski definition) is 16. The summed E-state index contributed by atoms with van der Waals surface area (Å²) in [7, 11) is 3.10. The number of carbonyl (C=O) groups is 4. The molecule has 19 nitrogen and oxygen atoms in total. The fourth-order valence-corrected chi connectivity index (χ4v) is 6.31. The van der Waals surface area contributed by atoms with Crippen LogP contribution in [0.3, 0.4) is 0 Å². The molecule has 2 atom stereocenters. The van der Waals surface area contributed by atoms with E-state index in [2.05, 4.69) is 40.9 Å². The van der Waals surface area contributed by atoms with Gasteiger partial charge in [-0.05, 0) is 47.5 Å². The molecule has 4 rings (SSSR count). The van der Waals surface area contributed by atoms with Crippen LogP contribution in [-0.4, -0.2) is 83.6 Å². The fraction of sp³-hybridized carbons (Fsp3) is 0.250. The molecular weight excluding hydrogens is 683 g/mol. The Morgan fingerprint density at radius 2 is 1.88 bits per heavy atom. The number of carboxylic acid groups (broad SMARTS) is 1. The van der Waals surface area contributed by atoms with Gasteiger partial charge in [0.1, 0.15) is 12.1 Å². The first-order valence-electron chi connectivity index (χ1n) is 14.1. The van der Waals surface area contributed by atoms with Gasteiger partial charge in [-0.15, -0.1) is 0 Å². The average Bonchev–Trinajstić information content (AvgIpc) is 3.08. The number of nitro groups is 1. The number of aliphatic carboxylic acids is 1. The van der Waals surface area contributed by atoms with E-state index < -0.39 is 40.8 Å². The van der Waals surface area contributed by atoms with E-state index in [1.54, 1.807) is 12.1 Å². The van der Waals surface area contributed by atoms with Crippen molar-refractivity contribution in [1.29, 1.82) is 5.41 Å². The van der Waals surface area contributed by atoms with Gasteiger partial charge in [0.25, 0.3) is 5.91 Å². The number of amides is 2. The number of nitrogens with one attached hydrogen (secondary N) is 5. The molecule has 8 N–H and O–H groups in total. The van der Waals surface area contributed by atoms with Crippen molar-refractivity contribution in [2.24, 2.45) is 0 Å². The molecular formula is C28H29N11O8S2. The largest absolute Gasteiger partial charge is 0.480 e. The summed E-state index contributed by atoms with van der Waals surface area (Å²) in [6.45, 7) is 0.239. The van der Waals surface area contributed by atoms with Gasteiger partial charge in [-0.1, -0.05) is 10.8 Å². The molecule has 4 aromatic rings. The van der Waals surface area contributed by atoms with Crippen LogP contribution in [0, 0.1) is 15.5 Å². The summed E-state index contributed by atoms with van der Waals surface area (Å²) in [6.07, 6.45) is 2.24. The molecule has 3 aromatic heterocycles. The molecule has 0 aliphatic rings. The topological polar surface area (TPSA) is 294 Å². The summed E-state index contributed by atoms with van der Waals surface area (Å²) in [4.78, 5) is 79.3. The van der Waals surface area contributed by atoms with Gasteiger partial charge in [0, 0.05) is 35.7 Å². The second-order valence-corrected chi connectivity index (χ2v) is 12.3. The van der Waals surface area contributed by atoms with E-state index in [-0.39, 0.29) is 64.0 Å². The van der Waals surface area contributed by atoms with Crippen molar-refractivity contribution in [1.82, 2.24) is 35.6 Å². The quantitative estimate of drug-likeness (QED) is 0.0374. The highest BCUT2D eigenvalue weighted by Crippen LogP contribution is 2.35. The lowest BCUT2D eigenvalue weighted by molar-refractivity contribution is -0.388. The van der Waals surface area contributed by atoms with Crippen LogP contribution in [-0.2, 0) is 25.7 Å². The van der Waals surface area contributed by atoms with Crippen molar-refractivity contribution in [2.45, 2.75) is 36.5 Å². The molecule has 0 radical (unpaired) electrons. The van der Waals surface area contributed by atoms with Crippen molar-refractivity contribution < 1.29 is 33.9 Å². The first-order valence-corrected chi connectivity index (χ1v) is 16.5. The molecule has 21 heteroatoms. The number of methoxy groups -OCH3 is 1. The first-order chi connectivity index (χ1) is 23.4. The number of pyridine rings is 1. The molecule has 2 amide bonds. The monoisotopic (exact) mass is 711 g/mol. The van der Waals surface area contributed by atoms with E-state index in [0.29, 0.717) is 11.4 Å². The number of nitrogens with zero attached hydrogens (tertiary/aromatic N) is 5. The van der Waals surface area contributed by atoms with Gasteiger partial charge in [-0.3, -0.25) is 25.1 Å². The zero-order valence-corrected chi connectivity index (χ0v) is 27.2. The number of rotatable bonds is 16. The molecule has 0 aliphatic heterocycles. The van der Waals surface area contributed by atoms with Gasteiger partial charge in [0.05, 0.1) is 30.5 Å². The smallest absolute Gasteiger partial charge is 0.329 e. The van der Waals surface area contributed by atoms with E-state index in [9.17, 15) is 34.4 Å². The van der Waals surface area contributed by atoms with Crippen LogP contribution in [0.1, 0.15) is 28.9 Å². The molecule has 256 valence electrons. The lowest BCUT2D eigenvalue weighted by atomic mass is 10.1. The van der Waals surface area contributed by atoms with Gasteiger partial charge in [0.2, 0.25) is 11.9 Å². The van der Waals surface area contributed by atoms with E-state index in [4.69, 9.17) is 15.9 Å². The third-order valence-electron chi connectivity index (χ3n) is 6.54. The molecule has 0 saturated carbocycles. The van der Waals surface area contributed by atoms with Crippen LogP contribution >= 0.6 is 21.6 Å². The Morgan fingerprint density at radius 1 is 1.12 bits per heavy atom. The number of esters is 1. The lowest BCUT2D eigenvalue weighted by Crippen LogP contribution is -2.45. The lowest BCUT2D eigenvalue weighted by Gasteiger charge is -2.18. The third-order valence-corrected chi connectivity index (χ3v) is 8.84. The molecule has 0 spiro atoms. The number of hydrogen-bond donors (Lipinski definition) is 7. The van der Waals surface area contributed by atoms with Gasteiger partial charge in [0.15, 0.2) is 21.7 Å². The van der Waals surface area contributed by atoms with E-state index in [1.165, 1.54) is 36.7 Å². The number of aromatic nitrogens is 5. The Hall–Kier alpha value is -5.83. The van der Waals surface area contributed by atoms with Crippen molar-refractivity contribution >= 4 is 73.8 Å². The van der Waals surface area contributed by atoms with Crippen molar-refractivity contribution in [3.05, 3.63) is 75.7 Å². The summed E-state index contributed by atoms with van der Waals surface area (Å²) in [5.41, 5.74) is 7.13. The van der Waals surface area contributed by atoms with Gasteiger partial charge in [-0.2, -0.15) is 4.98 Å². The number of benzene rings is 1. The molecule has 0 unspecified atom stereocenters. The van der Waals surface area contributed by atoms with Crippen LogP contribution in [0.2, 0.25) is 0 Å². The second kappa shape index (κ2) is 16.8. The highest BCUT2D eigenvalue weighted by atomic mass is 33.1. The van der Waals surface area contributed by atoms with Crippen molar-refractivity contribution in [3.63, 3.8) is 0 Å². The Labute approximate surface area is 284 Å². The molecule has 0 fully saturated rings. The highest BCUT2D eigenvalue weighted by Gasteiger charge is 2.26. The SMILES string of the molecule is COC(=O)[C@H](CSSc1ncccc1[N+](=O)[O-])NC(=O)CC[C@H](NC(=O)c1ccc(NCc2cnc3nc(N)[nH]c(=N)c3n2)cc1)C(=O)O. The van der Waals surface area contributed by atoms with Crippen LogP contribution in [0.5, 0.6) is 0 Å². The number of aromatic amines is 1. The predicted octanol–water partition coefficient (Wildman–Crippen LogP) is 1.39. The third kappa shape index (κ3) is 10.1. The van der Waals surface area contributed by atoms with Crippen LogP contribution < -0.4 is 27.2 Å². The first kappa shape index (κ1) is 36.0. The minimum Gasteiger partial charge on any atom is -0.480 e. The van der Waals surface area contributed by atoms with Gasteiger partial charge in [-0.25, -0.2) is 24.5 Å². The number of carboxylic acids is 1. The number of nitrogens with two attached hydrogens (primary N) is 1. The van der Waals surface area contributed by atoms with E-state index >= 15 is 0 Å². The molecule has 0 saturated heterocycles. The van der Waals surface area contributed by atoms with Gasteiger partial charge >= 0.3 is 17.6 Å². The number of ether oxygens (including phenoxy) is 1. The summed E-state index contributed by atoms with van der Waals surface area (Å²) in [5.74, 6) is -3.48. The summed E-state index contributed by atoms with van der Waals surface area (Å²) >= 11 is 0. The number of carbonyl (C=O) groups excluding carboxylic acids is 3. The molecule has 3 heterocycles. The summed E-state index contributed by atoms with van der Waals surface area (Å²) in [6, 6.07) is 6.32. The maximum atomic E-state index is 12.8. The second-order valence-electron chi connectivity index (χ2n) is 9.96. The predicted molar refractivity (Wildman–Crippen MR) is 177 cm³/mol.